The summed E-state index contributed by atoms with van der Waals surface area (Å²) in [6.07, 6.45) is 7.28. The molecule has 2 aromatic heterocycles. The van der Waals surface area contributed by atoms with Gasteiger partial charge in [-0.15, -0.1) is 0 Å². The molecule has 2 aliphatic heterocycles. The summed E-state index contributed by atoms with van der Waals surface area (Å²) in [4.78, 5) is 13.6. The molecule has 0 unspecified atom stereocenters. The van der Waals surface area contributed by atoms with Crippen LogP contribution in [0.25, 0.3) is 44.5 Å². The number of para-hydroxylation sites is 1. The highest BCUT2D eigenvalue weighted by Crippen LogP contribution is 2.35. The summed E-state index contributed by atoms with van der Waals surface area (Å²) in [5, 5.41) is 1.24. The predicted octanol–water partition coefficient (Wildman–Crippen LogP) is 7.76. The van der Waals surface area contributed by atoms with Crippen molar-refractivity contribution in [1.82, 2.24) is 9.97 Å². The number of fused-ring (bicyclic) bond motifs is 1. The van der Waals surface area contributed by atoms with Crippen LogP contribution in [0.2, 0.25) is 0 Å². The zero-order chi connectivity index (χ0) is 24.6. The number of nitrogens with zero attached hydrogens (tertiary/aromatic N) is 3. The van der Waals surface area contributed by atoms with Crippen molar-refractivity contribution in [2.24, 2.45) is 0 Å². The summed E-state index contributed by atoms with van der Waals surface area (Å²) in [7, 11) is 0. The summed E-state index contributed by atoms with van der Waals surface area (Å²) in [5.41, 5.74) is 10.5. The molecule has 0 bridgehead atoms. The molecule has 0 radical (unpaired) electrons. The molecular weight excluding hydrogens is 452 g/mol. The maximum Gasteiger partial charge on any atom is 0.0715 e. The highest BCUT2D eigenvalue weighted by molar-refractivity contribution is 5.96. The highest BCUT2D eigenvalue weighted by Gasteiger charge is 2.16. The van der Waals surface area contributed by atoms with E-state index in [1.165, 1.54) is 53.6 Å². The third-order valence-electron chi connectivity index (χ3n) is 7.99. The van der Waals surface area contributed by atoms with E-state index in [4.69, 9.17) is 4.98 Å². The van der Waals surface area contributed by atoms with Gasteiger partial charge in [-0.2, -0.15) is 0 Å². The minimum Gasteiger partial charge on any atom is -0.372 e. The number of nitrogens with one attached hydrogen (secondary N) is 1. The van der Waals surface area contributed by atoms with Crippen LogP contribution < -0.4 is 9.80 Å². The molecule has 2 aliphatic rings. The first-order chi connectivity index (χ1) is 18.3. The molecule has 4 heterocycles. The van der Waals surface area contributed by atoms with E-state index in [1.54, 1.807) is 0 Å². The SMILES string of the molecule is c1ccc2c(-c3cc(-c4ccc(N5CCCC5)cc4)nc(-c4ccc(N5CCCC5)cc4)c3)c[nH]c2c1. The minimum absolute atomic E-state index is 1.01. The predicted molar refractivity (Wildman–Crippen MR) is 155 cm³/mol. The quantitative estimate of drug-likeness (QED) is 0.277. The Balaban J connectivity index is 1.31. The number of anilines is 2. The number of rotatable bonds is 5. The molecule has 0 aliphatic carbocycles. The number of hydrogen-bond donors (Lipinski definition) is 1. The Morgan fingerprint density at radius 2 is 1.08 bits per heavy atom. The summed E-state index contributed by atoms with van der Waals surface area (Å²) in [6, 6.07) is 30.9. The Morgan fingerprint density at radius 3 is 1.62 bits per heavy atom. The summed E-state index contributed by atoms with van der Waals surface area (Å²) in [6.45, 7) is 4.63. The van der Waals surface area contributed by atoms with E-state index in [-0.39, 0.29) is 0 Å². The molecule has 0 atom stereocenters. The maximum atomic E-state index is 5.18. The molecule has 1 N–H and O–H groups in total. The molecule has 184 valence electrons. The molecule has 0 saturated carbocycles. The van der Waals surface area contributed by atoms with Crippen molar-refractivity contribution >= 4 is 22.3 Å². The first-order valence-electron chi connectivity index (χ1n) is 13.6. The van der Waals surface area contributed by atoms with Crippen LogP contribution in [-0.2, 0) is 0 Å². The van der Waals surface area contributed by atoms with Crippen LogP contribution in [0.3, 0.4) is 0 Å². The van der Waals surface area contributed by atoms with Crippen molar-refractivity contribution in [3.8, 4) is 33.6 Å². The second kappa shape index (κ2) is 9.44. The van der Waals surface area contributed by atoms with Crippen LogP contribution >= 0.6 is 0 Å². The van der Waals surface area contributed by atoms with Crippen molar-refractivity contribution in [3.05, 3.63) is 91.1 Å². The molecule has 4 heteroatoms. The van der Waals surface area contributed by atoms with Gasteiger partial charge in [0.1, 0.15) is 0 Å². The van der Waals surface area contributed by atoms with Gasteiger partial charge >= 0.3 is 0 Å². The van der Waals surface area contributed by atoms with Crippen molar-refractivity contribution in [1.29, 1.82) is 0 Å². The first-order valence-corrected chi connectivity index (χ1v) is 13.6. The molecule has 37 heavy (non-hydrogen) atoms. The molecule has 4 nitrogen and oxygen atoms in total. The van der Waals surface area contributed by atoms with Gasteiger partial charge in [-0.1, -0.05) is 42.5 Å². The number of H-pyrrole nitrogens is 1. The monoisotopic (exact) mass is 484 g/mol. The van der Waals surface area contributed by atoms with Crippen molar-refractivity contribution < 1.29 is 0 Å². The lowest BCUT2D eigenvalue weighted by Crippen LogP contribution is -2.17. The number of hydrogen-bond acceptors (Lipinski definition) is 3. The van der Waals surface area contributed by atoms with Gasteiger partial charge in [-0.05, 0) is 73.7 Å². The Labute approximate surface area is 218 Å². The van der Waals surface area contributed by atoms with E-state index in [0.29, 0.717) is 0 Å². The van der Waals surface area contributed by atoms with Gasteiger partial charge in [-0.25, -0.2) is 4.98 Å². The molecular formula is C33H32N4. The summed E-state index contributed by atoms with van der Waals surface area (Å²) >= 11 is 0. The van der Waals surface area contributed by atoms with Crippen molar-refractivity contribution in [3.63, 3.8) is 0 Å². The van der Waals surface area contributed by atoms with Crippen LogP contribution in [0.4, 0.5) is 11.4 Å². The minimum atomic E-state index is 1.01. The van der Waals surface area contributed by atoms with Gasteiger partial charge < -0.3 is 14.8 Å². The molecule has 2 fully saturated rings. The topological polar surface area (TPSA) is 35.2 Å². The lowest BCUT2D eigenvalue weighted by Gasteiger charge is -2.18. The average molecular weight is 485 g/mol. The number of pyridine rings is 1. The Hall–Kier alpha value is -4.05. The van der Waals surface area contributed by atoms with Crippen molar-refractivity contribution in [2.45, 2.75) is 25.7 Å². The Bertz CT molecular complexity index is 1440. The summed E-state index contributed by atoms with van der Waals surface area (Å²) < 4.78 is 0. The molecule has 5 aromatic rings. The van der Waals surface area contributed by atoms with Gasteiger partial charge in [-0.3, -0.25) is 0 Å². The van der Waals surface area contributed by atoms with E-state index >= 15 is 0 Å². The lowest BCUT2D eigenvalue weighted by molar-refractivity contribution is 0.949. The first kappa shape index (κ1) is 22.2. The van der Waals surface area contributed by atoms with Crippen molar-refractivity contribution in [2.75, 3.05) is 36.0 Å². The Morgan fingerprint density at radius 1 is 0.568 bits per heavy atom. The fourth-order valence-corrected chi connectivity index (χ4v) is 5.93. The fraction of sp³-hybridized carbons (Fsp3) is 0.242. The normalized spacial score (nSPS) is 15.7. The van der Waals surface area contributed by atoms with Crippen LogP contribution in [0, 0.1) is 0 Å². The zero-order valence-corrected chi connectivity index (χ0v) is 21.2. The molecule has 7 rings (SSSR count). The van der Waals surface area contributed by atoms with Gasteiger partial charge in [0.05, 0.1) is 11.4 Å². The van der Waals surface area contributed by atoms with E-state index in [9.17, 15) is 0 Å². The smallest absolute Gasteiger partial charge is 0.0715 e. The van der Waals surface area contributed by atoms with Crippen LogP contribution in [0.15, 0.2) is 91.1 Å². The fourth-order valence-electron chi connectivity index (χ4n) is 5.93. The maximum absolute atomic E-state index is 5.18. The van der Waals surface area contributed by atoms with E-state index in [1.807, 2.05) is 0 Å². The van der Waals surface area contributed by atoms with Gasteiger partial charge in [0, 0.05) is 71.3 Å². The molecule has 0 spiro atoms. The number of benzene rings is 3. The second-order valence-electron chi connectivity index (χ2n) is 10.4. The third-order valence-corrected chi connectivity index (χ3v) is 7.99. The molecule has 3 aromatic carbocycles. The molecule has 2 saturated heterocycles. The van der Waals surface area contributed by atoms with Crippen LogP contribution in [0.5, 0.6) is 0 Å². The summed E-state index contributed by atoms with van der Waals surface area (Å²) in [5.74, 6) is 0. The van der Waals surface area contributed by atoms with E-state index < -0.39 is 0 Å². The Kier molecular flexibility index (Phi) is 5.65. The second-order valence-corrected chi connectivity index (χ2v) is 10.4. The van der Waals surface area contributed by atoms with Gasteiger partial charge in [0.2, 0.25) is 0 Å². The van der Waals surface area contributed by atoms with Crippen LogP contribution in [0.1, 0.15) is 25.7 Å². The standard InChI is InChI=1S/C33H32N4/c1-2-8-31-29(7-1)30(23-34-31)26-21-32(24-9-13-27(14-10-24)36-17-3-4-18-36)35-33(22-26)25-11-15-28(16-12-25)37-19-5-6-20-37/h1-2,7-16,21-23,34H,3-6,17-20H2. The zero-order valence-electron chi connectivity index (χ0n) is 21.2. The lowest BCUT2D eigenvalue weighted by atomic mass is 9.99. The van der Waals surface area contributed by atoms with E-state index in [2.05, 4.69) is 106 Å². The van der Waals surface area contributed by atoms with Gasteiger partial charge in [0.25, 0.3) is 0 Å². The number of aromatic nitrogens is 2. The van der Waals surface area contributed by atoms with E-state index in [0.717, 1.165) is 54.2 Å². The largest absolute Gasteiger partial charge is 0.372 e. The third kappa shape index (κ3) is 4.27. The van der Waals surface area contributed by atoms with Crippen LogP contribution in [-0.4, -0.2) is 36.1 Å². The van der Waals surface area contributed by atoms with Gasteiger partial charge in [0.15, 0.2) is 0 Å². The molecule has 0 amide bonds. The highest BCUT2D eigenvalue weighted by atomic mass is 15.1. The number of aromatic amines is 1. The average Bonchev–Trinajstić information content (AvgIpc) is 3.75.